The lowest BCUT2D eigenvalue weighted by Gasteiger charge is -2.17. The Morgan fingerprint density at radius 1 is 1.13 bits per heavy atom. The van der Waals surface area contributed by atoms with Crippen molar-refractivity contribution in [3.8, 4) is 0 Å². The van der Waals surface area contributed by atoms with Crippen molar-refractivity contribution in [1.82, 2.24) is 4.98 Å². The van der Waals surface area contributed by atoms with E-state index in [1.54, 1.807) is 0 Å². The van der Waals surface area contributed by atoms with Gasteiger partial charge in [-0.05, 0) is 25.0 Å². The molecule has 3 aromatic rings. The molecule has 5 nitrogen and oxygen atoms in total. The number of nitro groups is 1. The predicted octanol–water partition coefficient (Wildman–Crippen LogP) is 4.19. The molecule has 1 aromatic heterocycles. The molecule has 0 fully saturated rings. The van der Waals surface area contributed by atoms with Gasteiger partial charge in [0.15, 0.2) is 0 Å². The fourth-order valence-electron chi connectivity index (χ4n) is 2.69. The topological polar surface area (TPSA) is 68.1 Å². The molecule has 5 heteroatoms. The smallest absolute Gasteiger partial charge is 0.311 e. The third kappa shape index (κ3) is 3.29. The highest BCUT2D eigenvalue weighted by Gasteiger charge is 2.19. The molecule has 0 radical (unpaired) electrons. The molecule has 1 heterocycles. The average Bonchev–Trinajstić information content (AvgIpc) is 2.55. The minimum absolute atomic E-state index is 0.00334. The number of rotatable bonds is 5. The molecule has 2 aromatic carbocycles. The monoisotopic (exact) mass is 307 g/mol. The molecule has 3 rings (SSSR count). The molecule has 0 amide bonds. The van der Waals surface area contributed by atoms with Gasteiger partial charge in [-0.15, -0.1) is 0 Å². The Hall–Kier alpha value is -2.95. The van der Waals surface area contributed by atoms with Crippen LogP contribution in [0.25, 0.3) is 10.9 Å². The summed E-state index contributed by atoms with van der Waals surface area (Å²) in [7, 11) is 0. The van der Waals surface area contributed by atoms with Gasteiger partial charge in [-0.25, -0.2) is 4.98 Å². The van der Waals surface area contributed by atoms with Crippen LogP contribution in [0.5, 0.6) is 0 Å². The van der Waals surface area contributed by atoms with Crippen molar-refractivity contribution in [3.63, 3.8) is 0 Å². The van der Waals surface area contributed by atoms with Gasteiger partial charge >= 0.3 is 5.69 Å². The van der Waals surface area contributed by atoms with Gasteiger partial charge < -0.3 is 5.32 Å². The van der Waals surface area contributed by atoms with Gasteiger partial charge in [0.1, 0.15) is 11.9 Å². The van der Waals surface area contributed by atoms with Gasteiger partial charge in [0.05, 0.1) is 10.4 Å². The summed E-state index contributed by atoms with van der Waals surface area (Å²) in [5.41, 5.74) is 2.47. The second-order valence-corrected chi connectivity index (χ2v) is 5.53. The average molecular weight is 307 g/mol. The van der Waals surface area contributed by atoms with E-state index in [0.29, 0.717) is 5.69 Å². The summed E-state index contributed by atoms with van der Waals surface area (Å²) >= 11 is 0. The first-order valence-corrected chi connectivity index (χ1v) is 7.48. The molecule has 1 atom stereocenters. The highest BCUT2D eigenvalue weighted by Crippen LogP contribution is 2.32. The largest absolute Gasteiger partial charge is 0.376 e. The van der Waals surface area contributed by atoms with Crippen LogP contribution >= 0.6 is 0 Å². The van der Waals surface area contributed by atoms with Crippen molar-refractivity contribution < 1.29 is 4.92 Å². The number of anilines is 1. The Bertz CT molecular complexity index is 834. The Morgan fingerprint density at radius 2 is 1.83 bits per heavy atom. The molecule has 0 aliphatic heterocycles. The summed E-state index contributed by atoms with van der Waals surface area (Å²) in [5, 5.41) is 15.4. The van der Waals surface area contributed by atoms with Crippen LogP contribution in [0.1, 0.15) is 12.5 Å². The standard InChI is InChI=1S/C18H17N3O2/c1-13(11-14-7-3-2-4-8-14)20-18-15-9-5-6-10-16(15)19-12-17(18)21(22)23/h2-10,12-13H,11H2,1H3,(H,19,20)/t13-/m1/s1. The Labute approximate surface area is 134 Å². The number of para-hydroxylation sites is 1. The lowest BCUT2D eigenvalue weighted by atomic mass is 10.1. The number of nitrogens with zero attached hydrogens (tertiary/aromatic N) is 2. The van der Waals surface area contributed by atoms with Crippen LogP contribution in [0.2, 0.25) is 0 Å². The second-order valence-electron chi connectivity index (χ2n) is 5.53. The molecule has 0 aliphatic rings. The highest BCUT2D eigenvalue weighted by atomic mass is 16.6. The summed E-state index contributed by atoms with van der Waals surface area (Å²) in [6.45, 7) is 2.02. The van der Waals surface area contributed by atoms with Gasteiger partial charge in [0.25, 0.3) is 0 Å². The quantitative estimate of drug-likeness (QED) is 0.567. The van der Waals surface area contributed by atoms with E-state index in [-0.39, 0.29) is 11.7 Å². The van der Waals surface area contributed by atoms with Crippen molar-refractivity contribution in [2.75, 3.05) is 5.32 Å². The Balaban J connectivity index is 1.94. The van der Waals surface area contributed by atoms with E-state index < -0.39 is 4.92 Å². The minimum Gasteiger partial charge on any atom is -0.376 e. The zero-order valence-corrected chi connectivity index (χ0v) is 12.8. The molecule has 0 unspecified atom stereocenters. The predicted molar refractivity (Wildman–Crippen MR) is 91.6 cm³/mol. The van der Waals surface area contributed by atoms with Crippen LogP contribution in [0.3, 0.4) is 0 Å². The molecular formula is C18H17N3O2. The van der Waals surface area contributed by atoms with Crippen LogP contribution in [0, 0.1) is 10.1 Å². The highest BCUT2D eigenvalue weighted by molar-refractivity contribution is 5.95. The maximum atomic E-state index is 11.3. The van der Waals surface area contributed by atoms with Crippen LogP contribution in [0.4, 0.5) is 11.4 Å². The van der Waals surface area contributed by atoms with Crippen LogP contribution in [-0.2, 0) is 6.42 Å². The third-order valence-corrected chi connectivity index (χ3v) is 3.73. The number of hydrogen-bond donors (Lipinski definition) is 1. The molecule has 1 N–H and O–H groups in total. The van der Waals surface area contributed by atoms with E-state index in [2.05, 4.69) is 22.4 Å². The van der Waals surface area contributed by atoms with E-state index in [0.717, 1.165) is 17.3 Å². The fraction of sp³-hybridized carbons (Fsp3) is 0.167. The third-order valence-electron chi connectivity index (χ3n) is 3.73. The molecule has 0 spiro atoms. The van der Waals surface area contributed by atoms with Crippen molar-refractivity contribution in [1.29, 1.82) is 0 Å². The number of nitrogens with one attached hydrogen (secondary N) is 1. The van der Waals surface area contributed by atoms with Gasteiger partial charge in [0, 0.05) is 11.4 Å². The van der Waals surface area contributed by atoms with Crippen LogP contribution < -0.4 is 5.32 Å². The maximum absolute atomic E-state index is 11.3. The molecule has 0 aliphatic carbocycles. The van der Waals surface area contributed by atoms with E-state index in [4.69, 9.17) is 0 Å². The Morgan fingerprint density at radius 3 is 2.57 bits per heavy atom. The first kappa shape index (κ1) is 15.0. The van der Waals surface area contributed by atoms with E-state index >= 15 is 0 Å². The number of hydrogen-bond acceptors (Lipinski definition) is 4. The number of benzene rings is 2. The number of aromatic nitrogens is 1. The molecule has 116 valence electrons. The van der Waals surface area contributed by atoms with Crippen molar-refractivity contribution in [3.05, 3.63) is 76.5 Å². The van der Waals surface area contributed by atoms with Gasteiger partial charge in [-0.3, -0.25) is 10.1 Å². The van der Waals surface area contributed by atoms with Crippen molar-refractivity contribution >= 4 is 22.3 Å². The number of pyridine rings is 1. The van der Waals surface area contributed by atoms with Crippen molar-refractivity contribution in [2.24, 2.45) is 0 Å². The van der Waals surface area contributed by atoms with Gasteiger partial charge in [-0.2, -0.15) is 0 Å². The zero-order chi connectivity index (χ0) is 16.2. The zero-order valence-electron chi connectivity index (χ0n) is 12.8. The summed E-state index contributed by atoms with van der Waals surface area (Å²) in [4.78, 5) is 15.1. The first-order chi connectivity index (χ1) is 11.1. The minimum atomic E-state index is -0.392. The van der Waals surface area contributed by atoms with Crippen LogP contribution in [-0.4, -0.2) is 15.9 Å². The molecule has 0 saturated heterocycles. The second kappa shape index (κ2) is 6.44. The Kier molecular flexibility index (Phi) is 4.19. The van der Waals surface area contributed by atoms with E-state index in [9.17, 15) is 10.1 Å². The molecule has 0 bridgehead atoms. The van der Waals surface area contributed by atoms with E-state index in [1.165, 1.54) is 11.8 Å². The lowest BCUT2D eigenvalue weighted by molar-refractivity contribution is -0.384. The number of fused-ring (bicyclic) bond motifs is 1. The normalized spacial score (nSPS) is 12.0. The van der Waals surface area contributed by atoms with Crippen molar-refractivity contribution in [2.45, 2.75) is 19.4 Å². The SMILES string of the molecule is C[C@H](Cc1ccccc1)Nc1c([N+](=O)[O-])cnc2ccccc12. The molecular weight excluding hydrogens is 290 g/mol. The van der Waals surface area contributed by atoms with Gasteiger partial charge in [0.2, 0.25) is 0 Å². The summed E-state index contributed by atoms with van der Waals surface area (Å²) < 4.78 is 0. The van der Waals surface area contributed by atoms with Gasteiger partial charge in [-0.1, -0.05) is 48.5 Å². The summed E-state index contributed by atoms with van der Waals surface area (Å²) in [6, 6.07) is 17.6. The lowest BCUT2D eigenvalue weighted by Crippen LogP contribution is -2.19. The molecule has 23 heavy (non-hydrogen) atoms. The van der Waals surface area contributed by atoms with E-state index in [1.807, 2.05) is 49.4 Å². The molecule has 0 saturated carbocycles. The maximum Gasteiger partial charge on any atom is 0.311 e. The fourth-order valence-corrected chi connectivity index (χ4v) is 2.69. The summed E-state index contributed by atoms with van der Waals surface area (Å²) in [5.74, 6) is 0. The summed E-state index contributed by atoms with van der Waals surface area (Å²) in [6.07, 6.45) is 2.11. The first-order valence-electron chi connectivity index (χ1n) is 7.48. The van der Waals surface area contributed by atoms with Crippen LogP contribution in [0.15, 0.2) is 60.8 Å².